The van der Waals surface area contributed by atoms with Crippen LogP contribution in [0.25, 0.3) is 11.1 Å². The van der Waals surface area contributed by atoms with Gasteiger partial charge in [0, 0.05) is 41.7 Å². The van der Waals surface area contributed by atoms with Crippen LogP contribution in [-0.4, -0.2) is 16.5 Å². The maximum absolute atomic E-state index is 6.19. The van der Waals surface area contributed by atoms with Crippen LogP contribution < -0.4 is 5.32 Å². The third-order valence-corrected chi connectivity index (χ3v) is 7.82. The third kappa shape index (κ3) is 6.27. The van der Waals surface area contributed by atoms with Gasteiger partial charge in [-0.05, 0) is 57.5 Å². The topological polar surface area (TPSA) is 37.8 Å². The second-order valence-corrected chi connectivity index (χ2v) is 11.3. The first-order chi connectivity index (χ1) is 18.0. The van der Waals surface area contributed by atoms with Crippen LogP contribution >= 0.6 is 22.9 Å². The zero-order valence-corrected chi connectivity index (χ0v) is 22.6. The number of hydrogen-bond donors (Lipinski definition) is 1. The molecule has 2 aromatic heterocycles. The fourth-order valence-corrected chi connectivity index (χ4v) is 5.67. The van der Waals surface area contributed by atoms with Gasteiger partial charge in [0.05, 0.1) is 5.69 Å². The molecule has 0 amide bonds. The Bertz CT molecular complexity index is 1410. The minimum absolute atomic E-state index is 0.0657. The zero-order chi connectivity index (χ0) is 25.7. The summed E-state index contributed by atoms with van der Waals surface area (Å²) in [6.07, 6.45) is 4.47. The molecule has 3 aromatic carbocycles. The lowest BCUT2D eigenvalue weighted by Crippen LogP contribution is -2.31. The third-order valence-electron chi connectivity index (χ3n) is 6.72. The Morgan fingerprint density at radius 3 is 2.16 bits per heavy atom. The SMILES string of the molecule is CC(C)(CNc1nc(Cc2ccc(-c3ccncc3)cc2)cs1)C(c1ccccc1)c1ccc(Cl)cc1. The standard InChI is InChI=1S/C32H30ClN3S/c1-32(2,30(26-6-4-3-5-7-26)27-12-14-28(33)15-13-27)22-35-31-36-29(21-37-31)20-23-8-10-24(11-9-23)25-16-18-34-19-17-25/h3-19,21,30H,20,22H2,1-2H3,(H,35,36). The molecule has 0 spiro atoms. The van der Waals surface area contributed by atoms with Gasteiger partial charge < -0.3 is 5.32 Å². The summed E-state index contributed by atoms with van der Waals surface area (Å²) in [6, 6.07) is 31.7. The quantitative estimate of drug-likeness (QED) is 0.210. The van der Waals surface area contributed by atoms with Crippen LogP contribution in [0.2, 0.25) is 5.02 Å². The minimum atomic E-state index is -0.0657. The maximum Gasteiger partial charge on any atom is 0.182 e. The van der Waals surface area contributed by atoms with Crippen molar-refractivity contribution in [3.8, 4) is 11.1 Å². The molecule has 0 fully saturated rings. The van der Waals surface area contributed by atoms with Crippen LogP contribution in [-0.2, 0) is 6.42 Å². The van der Waals surface area contributed by atoms with E-state index in [-0.39, 0.29) is 11.3 Å². The highest BCUT2D eigenvalue weighted by Crippen LogP contribution is 2.41. The van der Waals surface area contributed by atoms with Crippen LogP contribution in [0, 0.1) is 5.41 Å². The highest BCUT2D eigenvalue weighted by atomic mass is 35.5. The summed E-state index contributed by atoms with van der Waals surface area (Å²) in [5.41, 5.74) is 7.20. The van der Waals surface area contributed by atoms with E-state index in [0.717, 1.165) is 28.8 Å². The molecule has 0 saturated heterocycles. The predicted molar refractivity (Wildman–Crippen MR) is 157 cm³/mol. The van der Waals surface area contributed by atoms with Crippen LogP contribution in [0.5, 0.6) is 0 Å². The monoisotopic (exact) mass is 523 g/mol. The van der Waals surface area contributed by atoms with E-state index in [2.05, 4.69) is 96.3 Å². The second-order valence-electron chi connectivity index (χ2n) is 9.99. The molecule has 1 atom stereocenters. The van der Waals surface area contributed by atoms with Gasteiger partial charge in [-0.15, -0.1) is 11.3 Å². The lowest BCUT2D eigenvalue weighted by atomic mass is 9.71. The number of aromatic nitrogens is 2. The number of pyridine rings is 1. The molecule has 0 aliphatic carbocycles. The molecule has 5 aromatic rings. The molecular formula is C32H30ClN3S. The van der Waals surface area contributed by atoms with Crippen molar-refractivity contribution in [2.24, 2.45) is 5.41 Å². The van der Waals surface area contributed by atoms with Crippen LogP contribution in [0.1, 0.15) is 42.1 Å². The molecule has 0 bridgehead atoms. The second kappa shape index (κ2) is 11.3. The van der Waals surface area contributed by atoms with Gasteiger partial charge in [-0.2, -0.15) is 0 Å². The van der Waals surface area contributed by atoms with E-state index in [4.69, 9.17) is 16.6 Å². The summed E-state index contributed by atoms with van der Waals surface area (Å²) < 4.78 is 0. The fraction of sp³-hybridized carbons (Fsp3) is 0.188. The Morgan fingerprint density at radius 1 is 0.811 bits per heavy atom. The highest BCUT2D eigenvalue weighted by Gasteiger charge is 2.32. The van der Waals surface area contributed by atoms with E-state index >= 15 is 0 Å². The van der Waals surface area contributed by atoms with Gasteiger partial charge >= 0.3 is 0 Å². The van der Waals surface area contributed by atoms with E-state index in [1.54, 1.807) is 11.3 Å². The molecule has 37 heavy (non-hydrogen) atoms. The Balaban J connectivity index is 1.27. The van der Waals surface area contributed by atoms with Gasteiger partial charge in [0.25, 0.3) is 0 Å². The van der Waals surface area contributed by atoms with E-state index in [9.17, 15) is 0 Å². The largest absolute Gasteiger partial charge is 0.361 e. The number of nitrogens with one attached hydrogen (secondary N) is 1. The summed E-state index contributed by atoms with van der Waals surface area (Å²) in [6.45, 7) is 5.42. The molecule has 0 aliphatic rings. The van der Waals surface area contributed by atoms with Crippen molar-refractivity contribution < 1.29 is 0 Å². The molecule has 1 N–H and O–H groups in total. The zero-order valence-electron chi connectivity index (χ0n) is 21.1. The Labute approximate surface area is 228 Å². The number of thiazole rings is 1. The molecule has 0 radical (unpaired) electrons. The number of hydrogen-bond acceptors (Lipinski definition) is 4. The first-order valence-electron chi connectivity index (χ1n) is 12.5. The lowest BCUT2D eigenvalue weighted by Gasteiger charge is -2.35. The molecule has 186 valence electrons. The van der Waals surface area contributed by atoms with Crippen molar-refractivity contribution in [3.63, 3.8) is 0 Å². The van der Waals surface area contributed by atoms with Crippen molar-refractivity contribution >= 4 is 28.1 Å². The smallest absolute Gasteiger partial charge is 0.182 e. The molecule has 3 nitrogen and oxygen atoms in total. The normalized spacial score (nSPS) is 12.3. The molecule has 0 saturated carbocycles. The number of halogens is 1. The summed E-state index contributed by atoms with van der Waals surface area (Å²) in [7, 11) is 0. The summed E-state index contributed by atoms with van der Waals surface area (Å²) in [5.74, 6) is 0.219. The molecule has 5 rings (SSSR count). The first-order valence-corrected chi connectivity index (χ1v) is 13.7. The predicted octanol–water partition coefficient (Wildman–Crippen LogP) is 8.72. The van der Waals surface area contributed by atoms with Gasteiger partial charge in [-0.1, -0.05) is 92.2 Å². The van der Waals surface area contributed by atoms with Crippen molar-refractivity contribution in [3.05, 3.63) is 136 Å². The van der Waals surface area contributed by atoms with Gasteiger partial charge in [0.15, 0.2) is 5.13 Å². The van der Waals surface area contributed by atoms with Crippen molar-refractivity contribution in [1.82, 2.24) is 9.97 Å². The van der Waals surface area contributed by atoms with Crippen LogP contribution in [0.3, 0.4) is 0 Å². The minimum Gasteiger partial charge on any atom is -0.361 e. The average molecular weight is 524 g/mol. The highest BCUT2D eigenvalue weighted by molar-refractivity contribution is 7.13. The van der Waals surface area contributed by atoms with E-state index in [1.807, 2.05) is 36.7 Å². The maximum atomic E-state index is 6.19. The van der Waals surface area contributed by atoms with Crippen LogP contribution in [0.15, 0.2) is 109 Å². The number of nitrogens with zero attached hydrogens (tertiary/aromatic N) is 2. The van der Waals surface area contributed by atoms with Crippen molar-refractivity contribution in [1.29, 1.82) is 0 Å². The summed E-state index contributed by atoms with van der Waals surface area (Å²) in [4.78, 5) is 8.99. The Hall–Kier alpha value is -3.47. The van der Waals surface area contributed by atoms with Crippen molar-refractivity contribution in [2.45, 2.75) is 26.2 Å². The number of benzene rings is 3. The van der Waals surface area contributed by atoms with Gasteiger partial charge in [0.2, 0.25) is 0 Å². The van der Waals surface area contributed by atoms with E-state index in [0.29, 0.717) is 0 Å². The van der Waals surface area contributed by atoms with E-state index in [1.165, 1.54) is 27.8 Å². The summed E-state index contributed by atoms with van der Waals surface area (Å²) >= 11 is 7.86. The average Bonchev–Trinajstić information content (AvgIpc) is 3.38. The van der Waals surface area contributed by atoms with Gasteiger partial charge in [-0.3, -0.25) is 4.98 Å². The Morgan fingerprint density at radius 2 is 1.46 bits per heavy atom. The molecule has 0 aliphatic heterocycles. The summed E-state index contributed by atoms with van der Waals surface area (Å²) in [5, 5.41) is 7.50. The molecule has 5 heteroatoms. The Kier molecular flexibility index (Phi) is 7.68. The molecule has 2 heterocycles. The molecule has 1 unspecified atom stereocenters. The van der Waals surface area contributed by atoms with Gasteiger partial charge in [-0.25, -0.2) is 4.98 Å². The van der Waals surface area contributed by atoms with Crippen LogP contribution in [0.4, 0.5) is 5.13 Å². The van der Waals surface area contributed by atoms with E-state index < -0.39 is 0 Å². The lowest BCUT2D eigenvalue weighted by molar-refractivity contribution is 0.340. The molecular weight excluding hydrogens is 494 g/mol. The number of anilines is 1. The van der Waals surface area contributed by atoms with Gasteiger partial charge in [0.1, 0.15) is 0 Å². The first kappa shape index (κ1) is 25.2. The number of rotatable bonds is 9. The van der Waals surface area contributed by atoms with Crippen molar-refractivity contribution in [2.75, 3.05) is 11.9 Å². The fourth-order valence-electron chi connectivity index (χ4n) is 4.84.